The van der Waals surface area contributed by atoms with Crippen LogP contribution in [-0.2, 0) is 37.5 Å². The molecule has 2 heterocycles. The van der Waals surface area contributed by atoms with Gasteiger partial charge in [0.1, 0.15) is 24.4 Å². The third-order valence-corrected chi connectivity index (χ3v) is 10.4. The van der Waals surface area contributed by atoms with Crippen molar-refractivity contribution in [3.63, 3.8) is 0 Å². The Bertz CT molecular complexity index is 879. The molecule has 5 N–H and O–H groups in total. The van der Waals surface area contributed by atoms with Crippen molar-refractivity contribution in [3.05, 3.63) is 0 Å². The van der Waals surface area contributed by atoms with Crippen LogP contribution in [0.25, 0.3) is 0 Å². The Morgan fingerprint density at radius 3 is 1.69 bits per heavy atom. The third-order valence-electron chi connectivity index (χ3n) is 8.13. The van der Waals surface area contributed by atoms with E-state index in [1.165, 1.54) is 0 Å². The molecule has 0 aromatic carbocycles. The summed E-state index contributed by atoms with van der Waals surface area (Å²) in [6, 6.07) is 0. The first-order chi connectivity index (χ1) is 20.9. The number of hydrogen-bond donors (Lipinski definition) is 5. The summed E-state index contributed by atoms with van der Waals surface area (Å²) >= 11 is 0. The van der Waals surface area contributed by atoms with E-state index in [4.69, 9.17) is 32.9 Å². The molecule has 2 fully saturated rings. The van der Waals surface area contributed by atoms with Gasteiger partial charge in [-0.3, -0.25) is 4.57 Å². The minimum absolute atomic E-state index is 0.0107. The van der Waals surface area contributed by atoms with Gasteiger partial charge in [-0.05, 0) is 73.6 Å². The average molecular weight is 673 g/mol. The lowest BCUT2D eigenvalue weighted by Gasteiger charge is -2.44. The van der Waals surface area contributed by atoms with Gasteiger partial charge in [-0.25, -0.2) is 0 Å². The zero-order valence-corrected chi connectivity index (χ0v) is 29.4. The Morgan fingerprint density at radius 2 is 1.13 bits per heavy atom. The first-order valence-corrected chi connectivity index (χ1v) is 17.9. The number of aliphatic hydroxyl groups is 4. The van der Waals surface area contributed by atoms with E-state index in [0.29, 0.717) is 32.7 Å². The topological polar surface area (TPSA) is 183 Å². The highest BCUT2D eigenvalue weighted by atomic mass is 31.2. The van der Waals surface area contributed by atoms with Crippen LogP contribution in [0.2, 0.25) is 0 Å². The van der Waals surface area contributed by atoms with Gasteiger partial charge >= 0.3 is 7.60 Å². The normalized spacial score (nSPS) is 34.5. The second kappa shape index (κ2) is 18.5. The summed E-state index contributed by atoms with van der Waals surface area (Å²) in [6.07, 6.45) is -4.38. The fourth-order valence-electron chi connectivity index (χ4n) is 4.83. The van der Waals surface area contributed by atoms with Crippen LogP contribution in [0.4, 0.5) is 0 Å². The molecule has 11 atom stereocenters. The smallest absolute Gasteiger partial charge is 0.333 e. The number of hydrogen-bond acceptors (Lipinski definition) is 12. The van der Waals surface area contributed by atoms with Crippen LogP contribution in [0.1, 0.15) is 87.5 Å². The summed E-state index contributed by atoms with van der Waals surface area (Å²) < 4.78 is 52.5. The quantitative estimate of drug-likeness (QED) is 0.106. The zero-order chi connectivity index (χ0) is 34.0. The molecule has 0 amide bonds. The van der Waals surface area contributed by atoms with Gasteiger partial charge < -0.3 is 58.3 Å². The van der Waals surface area contributed by atoms with Gasteiger partial charge in [0.05, 0.1) is 42.8 Å². The summed E-state index contributed by atoms with van der Waals surface area (Å²) in [4.78, 5) is 9.97. The molecule has 2 aliphatic rings. The molecule has 13 nitrogen and oxygen atoms in total. The molecular formula is C31H61O13P. The van der Waals surface area contributed by atoms with Crippen molar-refractivity contribution in [2.45, 2.75) is 147 Å². The van der Waals surface area contributed by atoms with Crippen molar-refractivity contribution in [3.8, 4) is 0 Å². The van der Waals surface area contributed by atoms with E-state index in [2.05, 4.69) is 0 Å². The molecule has 45 heavy (non-hydrogen) atoms. The fourth-order valence-corrected chi connectivity index (χ4v) is 5.60. The minimum Gasteiger partial charge on any atom is -0.390 e. The van der Waals surface area contributed by atoms with Crippen LogP contribution in [0.15, 0.2) is 0 Å². The Kier molecular flexibility index (Phi) is 16.8. The Balaban J connectivity index is 1.77. The highest BCUT2D eigenvalue weighted by molar-refractivity contribution is 7.54. The van der Waals surface area contributed by atoms with Crippen molar-refractivity contribution in [2.24, 2.45) is 11.8 Å². The van der Waals surface area contributed by atoms with Crippen LogP contribution in [0, 0.1) is 11.8 Å². The van der Waals surface area contributed by atoms with Gasteiger partial charge in [0.2, 0.25) is 0 Å². The van der Waals surface area contributed by atoms with Crippen LogP contribution in [0.3, 0.4) is 0 Å². The molecule has 11 unspecified atom stereocenters. The molecule has 0 bridgehead atoms. The zero-order valence-electron chi connectivity index (χ0n) is 28.5. The SMILES string of the molecule is CC1C(OCC2OC(OCCCCCOC(C)(C)C)C(C)C(O)C2O)OC(COCCCCOP(=O)(O)C(C)(C)C)C(O)C1O. The first-order valence-electron chi connectivity index (χ1n) is 16.3. The van der Waals surface area contributed by atoms with E-state index in [-0.39, 0.29) is 25.4 Å². The summed E-state index contributed by atoms with van der Waals surface area (Å²) in [7, 11) is -3.71. The van der Waals surface area contributed by atoms with E-state index in [1.807, 2.05) is 20.8 Å². The van der Waals surface area contributed by atoms with Gasteiger partial charge in [0, 0.05) is 31.7 Å². The van der Waals surface area contributed by atoms with Gasteiger partial charge in [-0.1, -0.05) is 13.8 Å². The number of unbranched alkanes of at least 4 members (excludes halogenated alkanes) is 3. The predicted octanol–water partition coefficient (Wildman–Crippen LogP) is 2.97. The molecular weight excluding hydrogens is 611 g/mol. The van der Waals surface area contributed by atoms with Crippen molar-refractivity contribution in [1.29, 1.82) is 0 Å². The highest BCUT2D eigenvalue weighted by Crippen LogP contribution is 2.54. The van der Waals surface area contributed by atoms with Crippen molar-refractivity contribution >= 4 is 7.60 Å². The first kappa shape index (κ1) is 40.9. The van der Waals surface area contributed by atoms with Gasteiger partial charge in [-0.15, -0.1) is 0 Å². The molecule has 2 saturated heterocycles. The lowest BCUT2D eigenvalue weighted by molar-refractivity contribution is -0.316. The summed E-state index contributed by atoms with van der Waals surface area (Å²) in [6.45, 7) is 15.8. The maximum Gasteiger partial charge on any atom is 0.333 e. The lowest BCUT2D eigenvalue weighted by atomic mass is 9.91. The van der Waals surface area contributed by atoms with E-state index in [9.17, 15) is 29.9 Å². The number of rotatable bonds is 18. The van der Waals surface area contributed by atoms with Crippen molar-refractivity contribution in [2.75, 3.05) is 39.6 Å². The second-order valence-corrected chi connectivity index (χ2v) is 16.9. The van der Waals surface area contributed by atoms with Crippen LogP contribution in [-0.4, -0.2) is 125 Å². The number of aliphatic hydroxyl groups excluding tert-OH is 4. The molecule has 0 radical (unpaired) electrons. The van der Waals surface area contributed by atoms with Crippen LogP contribution >= 0.6 is 7.60 Å². The molecule has 0 spiro atoms. The summed E-state index contributed by atoms with van der Waals surface area (Å²) in [5, 5.41) is 41.7. The largest absolute Gasteiger partial charge is 0.390 e. The molecule has 2 aliphatic heterocycles. The molecule has 268 valence electrons. The molecule has 0 aromatic heterocycles. The molecule has 0 aliphatic carbocycles. The predicted molar refractivity (Wildman–Crippen MR) is 167 cm³/mol. The molecule has 14 heteroatoms. The lowest BCUT2D eigenvalue weighted by Crippen LogP contribution is -2.58. The molecule has 0 saturated carbocycles. The molecule has 0 aromatic rings. The third kappa shape index (κ3) is 13.3. The maximum absolute atomic E-state index is 12.2. The van der Waals surface area contributed by atoms with Crippen molar-refractivity contribution < 1.29 is 62.8 Å². The van der Waals surface area contributed by atoms with E-state index < -0.39 is 73.8 Å². The highest BCUT2D eigenvalue weighted by Gasteiger charge is 2.46. The molecule has 2 rings (SSSR count). The van der Waals surface area contributed by atoms with E-state index >= 15 is 0 Å². The maximum atomic E-state index is 12.2. The Labute approximate surface area is 269 Å². The summed E-state index contributed by atoms with van der Waals surface area (Å²) in [5.41, 5.74) is -0.164. The average Bonchev–Trinajstić information content (AvgIpc) is 2.94. The fraction of sp³-hybridized carbons (Fsp3) is 1.00. The van der Waals surface area contributed by atoms with Crippen LogP contribution in [0.5, 0.6) is 0 Å². The Hall–Kier alpha value is -0.250. The second-order valence-electron chi connectivity index (χ2n) is 14.3. The Morgan fingerprint density at radius 1 is 0.644 bits per heavy atom. The van der Waals surface area contributed by atoms with Crippen molar-refractivity contribution in [1.82, 2.24) is 0 Å². The summed E-state index contributed by atoms with van der Waals surface area (Å²) in [5.74, 6) is -1.05. The van der Waals surface area contributed by atoms with E-state index in [0.717, 1.165) is 19.3 Å². The monoisotopic (exact) mass is 672 g/mol. The van der Waals surface area contributed by atoms with Gasteiger partial charge in [0.25, 0.3) is 0 Å². The van der Waals surface area contributed by atoms with Crippen LogP contribution < -0.4 is 0 Å². The van der Waals surface area contributed by atoms with Gasteiger partial charge in [-0.2, -0.15) is 0 Å². The van der Waals surface area contributed by atoms with Gasteiger partial charge in [0.15, 0.2) is 12.6 Å². The van der Waals surface area contributed by atoms with E-state index in [1.54, 1.807) is 34.6 Å². The standard InChI is InChI=1S/C31H61O13P/c1-20-24(32)27(35)23(44-28(20)39-15-10-9-11-16-41-30(3,4)5)19-40-29-21(2)25(33)26(34)22(43-29)18-38-14-12-13-17-42-45(36,37)31(6,7)8/h20-29,32-35H,9-19H2,1-8H3,(H,36,37). The minimum atomic E-state index is -3.71. The number of ether oxygens (including phenoxy) is 6.